The zero-order valence-corrected chi connectivity index (χ0v) is 22.5. The number of hydrogen-bond donors (Lipinski definition) is 1. The highest BCUT2D eigenvalue weighted by molar-refractivity contribution is 6.06. The Hall–Kier alpha value is -3.07. The Balaban J connectivity index is 0.939. The lowest BCUT2D eigenvalue weighted by Crippen LogP contribution is -2.43. The quantitative estimate of drug-likeness (QED) is 0.463. The van der Waals surface area contributed by atoms with Gasteiger partial charge in [0.2, 0.25) is 5.88 Å². The smallest absolute Gasteiger partial charge is 0.255 e. The molecule has 9 heteroatoms. The minimum absolute atomic E-state index is 0.00558. The van der Waals surface area contributed by atoms with Gasteiger partial charge in [-0.25, -0.2) is 13.8 Å². The SMILES string of the molecule is Cn1cc2c(C(=O)NC3CCC(CCN4CCc5ccc(OC6CC(F)(F)C6)nc5CC4)CC3)cccc2n1. The average molecular weight is 538 g/mol. The predicted molar refractivity (Wildman–Crippen MR) is 145 cm³/mol. The lowest BCUT2D eigenvalue weighted by Gasteiger charge is -2.34. The molecule has 3 aliphatic rings. The fourth-order valence-corrected chi connectivity index (χ4v) is 6.34. The number of pyridine rings is 1. The van der Waals surface area contributed by atoms with Gasteiger partial charge in [-0.2, -0.15) is 5.10 Å². The van der Waals surface area contributed by atoms with Crippen molar-refractivity contribution in [3.8, 4) is 5.88 Å². The molecule has 3 heterocycles. The van der Waals surface area contributed by atoms with Gasteiger partial charge in [-0.3, -0.25) is 9.48 Å². The van der Waals surface area contributed by atoms with Crippen LogP contribution in [0, 0.1) is 5.92 Å². The summed E-state index contributed by atoms with van der Waals surface area (Å²) in [5, 5.41) is 8.58. The third-order valence-corrected chi connectivity index (χ3v) is 8.69. The van der Waals surface area contributed by atoms with E-state index >= 15 is 0 Å². The van der Waals surface area contributed by atoms with Gasteiger partial charge < -0.3 is 15.0 Å². The van der Waals surface area contributed by atoms with Gasteiger partial charge >= 0.3 is 0 Å². The molecule has 0 atom stereocenters. The zero-order chi connectivity index (χ0) is 27.0. The van der Waals surface area contributed by atoms with E-state index in [1.165, 1.54) is 12.0 Å². The van der Waals surface area contributed by atoms with Crippen molar-refractivity contribution in [3.63, 3.8) is 0 Å². The molecule has 6 rings (SSSR count). The number of fused-ring (bicyclic) bond motifs is 2. The van der Waals surface area contributed by atoms with E-state index in [1.54, 1.807) is 4.68 Å². The van der Waals surface area contributed by atoms with Crippen molar-refractivity contribution in [1.29, 1.82) is 0 Å². The van der Waals surface area contributed by atoms with Crippen LogP contribution in [0.2, 0.25) is 0 Å². The summed E-state index contributed by atoms with van der Waals surface area (Å²) in [6, 6.07) is 9.82. The van der Waals surface area contributed by atoms with Gasteiger partial charge in [-0.05, 0) is 68.7 Å². The van der Waals surface area contributed by atoms with E-state index in [0.717, 1.165) is 74.8 Å². The zero-order valence-electron chi connectivity index (χ0n) is 22.5. The van der Waals surface area contributed by atoms with Crippen molar-refractivity contribution in [3.05, 3.63) is 53.3 Å². The van der Waals surface area contributed by atoms with Crippen molar-refractivity contribution in [1.82, 2.24) is 25.0 Å². The Bertz CT molecular complexity index is 1330. The van der Waals surface area contributed by atoms with Crippen LogP contribution in [0.3, 0.4) is 0 Å². The molecule has 1 N–H and O–H groups in total. The number of carbonyl (C=O) groups excluding carboxylic acids is 1. The highest BCUT2D eigenvalue weighted by Gasteiger charge is 2.47. The average Bonchev–Trinajstić information content (AvgIpc) is 3.16. The van der Waals surface area contributed by atoms with Gasteiger partial charge in [-0.1, -0.05) is 12.1 Å². The second-order valence-corrected chi connectivity index (χ2v) is 11.6. The minimum atomic E-state index is -2.58. The van der Waals surface area contributed by atoms with E-state index < -0.39 is 12.0 Å². The molecule has 7 nitrogen and oxygen atoms in total. The number of nitrogens with one attached hydrogen (secondary N) is 1. The topological polar surface area (TPSA) is 72.3 Å². The van der Waals surface area contributed by atoms with Gasteiger partial charge in [0.15, 0.2) is 0 Å². The molecule has 1 aliphatic heterocycles. The van der Waals surface area contributed by atoms with Crippen LogP contribution < -0.4 is 10.1 Å². The maximum Gasteiger partial charge on any atom is 0.255 e. The Morgan fingerprint density at radius 3 is 2.69 bits per heavy atom. The van der Waals surface area contributed by atoms with Crippen LogP contribution in [0.25, 0.3) is 10.9 Å². The number of amides is 1. The summed E-state index contributed by atoms with van der Waals surface area (Å²) >= 11 is 0. The van der Waals surface area contributed by atoms with Crippen LogP contribution in [-0.4, -0.2) is 63.3 Å². The number of ether oxygens (including phenoxy) is 1. The van der Waals surface area contributed by atoms with E-state index in [2.05, 4.69) is 26.4 Å². The van der Waals surface area contributed by atoms with Gasteiger partial charge in [0.1, 0.15) is 6.10 Å². The van der Waals surface area contributed by atoms with Crippen LogP contribution in [0.1, 0.15) is 66.6 Å². The van der Waals surface area contributed by atoms with E-state index in [-0.39, 0.29) is 24.8 Å². The lowest BCUT2D eigenvalue weighted by atomic mass is 9.84. The van der Waals surface area contributed by atoms with E-state index in [1.807, 2.05) is 37.5 Å². The number of nitrogens with zero attached hydrogens (tertiary/aromatic N) is 4. The second kappa shape index (κ2) is 10.8. The first-order valence-corrected chi connectivity index (χ1v) is 14.3. The fourth-order valence-electron chi connectivity index (χ4n) is 6.34. The Labute approximate surface area is 227 Å². The second-order valence-electron chi connectivity index (χ2n) is 11.6. The molecule has 2 aromatic heterocycles. The van der Waals surface area contributed by atoms with Crippen molar-refractivity contribution < 1.29 is 18.3 Å². The third kappa shape index (κ3) is 6.08. The van der Waals surface area contributed by atoms with E-state index in [0.29, 0.717) is 17.4 Å². The summed E-state index contributed by atoms with van der Waals surface area (Å²) in [7, 11) is 1.87. The summed E-state index contributed by atoms with van der Waals surface area (Å²) in [6.45, 7) is 3.03. The number of rotatable bonds is 7. The summed E-state index contributed by atoms with van der Waals surface area (Å²) in [5.74, 6) is -1.43. The first kappa shape index (κ1) is 26.2. The normalized spacial score (nSPS) is 23.6. The standard InChI is InChI=1S/C30H37F2N5O2/c1-36-19-25-24(3-2-4-27(25)35-36)29(38)33-22-8-5-20(6-9-22)11-14-37-15-12-21-7-10-28(34-26(21)13-16-37)39-23-17-30(31,32)18-23/h2-4,7,10,19-20,22-23H,5-6,8-9,11-18H2,1H3,(H,33,38). The third-order valence-electron chi connectivity index (χ3n) is 8.69. The maximum absolute atomic E-state index is 13.1. The summed E-state index contributed by atoms with van der Waals surface area (Å²) in [6.07, 6.45) is 8.35. The highest BCUT2D eigenvalue weighted by atomic mass is 19.3. The number of benzene rings is 1. The van der Waals surface area contributed by atoms with Gasteiger partial charge in [0.25, 0.3) is 11.8 Å². The molecule has 0 saturated heterocycles. The largest absolute Gasteiger partial charge is 0.474 e. The van der Waals surface area contributed by atoms with E-state index in [4.69, 9.17) is 4.74 Å². The van der Waals surface area contributed by atoms with Crippen LogP contribution >= 0.6 is 0 Å². The number of aromatic nitrogens is 3. The number of hydrogen-bond acceptors (Lipinski definition) is 5. The molecular weight excluding hydrogens is 500 g/mol. The molecule has 0 unspecified atom stereocenters. The predicted octanol–water partition coefficient (Wildman–Crippen LogP) is 4.92. The molecule has 3 aromatic rings. The lowest BCUT2D eigenvalue weighted by molar-refractivity contribution is -0.135. The Morgan fingerprint density at radius 1 is 1.10 bits per heavy atom. The van der Waals surface area contributed by atoms with Gasteiger partial charge in [-0.15, -0.1) is 0 Å². The minimum Gasteiger partial charge on any atom is -0.474 e. The Morgan fingerprint density at radius 2 is 1.90 bits per heavy atom. The fraction of sp³-hybridized carbons (Fsp3) is 0.567. The van der Waals surface area contributed by atoms with Crippen LogP contribution in [-0.2, 0) is 19.9 Å². The van der Waals surface area contributed by atoms with Crippen molar-refractivity contribution in [2.24, 2.45) is 13.0 Å². The summed E-state index contributed by atoms with van der Waals surface area (Å²) in [4.78, 5) is 20.2. The first-order chi connectivity index (χ1) is 18.8. The number of carbonyl (C=O) groups is 1. The van der Waals surface area contributed by atoms with E-state index in [9.17, 15) is 13.6 Å². The molecule has 0 bridgehead atoms. The van der Waals surface area contributed by atoms with Crippen LogP contribution in [0.5, 0.6) is 5.88 Å². The van der Waals surface area contributed by atoms with Crippen molar-refractivity contribution in [2.45, 2.75) is 75.9 Å². The number of aryl methyl sites for hydroxylation is 1. The van der Waals surface area contributed by atoms with Crippen molar-refractivity contribution in [2.75, 3.05) is 19.6 Å². The monoisotopic (exact) mass is 537 g/mol. The summed E-state index contributed by atoms with van der Waals surface area (Å²) < 4.78 is 33.7. The number of alkyl halides is 2. The molecule has 1 amide bonds. The van der Waals surface area contributed by atoms with Gasteiger partial charge in [0, 0.05) is 68.8 Å². The van der Waals surface area contributed by atoms with Crippen LogP contribution in [0.15, 0.2) is 36.5 Å². The highest BCUT2D eigenvalue weighted by Crippen LogP contribution is 2.39. The summed E-state index contributed by atoms with van der Waals surface area (Å²) in [5.41, 5.74) is 3.82. The molecule has 0 radical (unpaired) electrons. The molecule has 2 aliphatic carbocycles. The molecular formula is C30H37F2N5O2. The van der Waals surface area contributed by atoms with Gasteiger partial charge in [0.05, 0.1) is 11.1 Å². The van der Waals surface area contributed by atoms with Crippen LogP contribution in [0.4, 0.5) is 8.78 Å². The Kier molecular flexibility index (Phi) is 7.27. The molecule has 2 saturated carbocycles. The molecule has 2 fully saturated rings. The first-order valence-electron chi connectivity index (χ1n) is 14.3. The number of halogens is 2. The molecule has 0 spiro atoms. The molecule has 1 aromatic carbocycles. The molecule has 39 heavy (non-hydrogen) atoms. The van der Waals surface area contributed by atoms with Crippen molar-refractivity contribution >= 4 is 16.8 Å². The molecule has 208 valence electrons. The maximum atomic E-state index is 13.1.